The third-order valence-corrected chi connectivity index (χ3v) is 4.15. The van der Waals surface area contributed by atoms with Crippen LogP contribution in [0.15, 0.2) is 12.2 Å². The van der Waals surface area contributed by atoms with E-state index in [9.17, 15) is 4.79 Å². The molecule has 1 aliphatic carbocycles. The summed E-state index contributed by atoms with van der Waals surface area (Å²) < 4.78 is 0. The molecular formula is C15H22N4O. The van der Waals surface area contributed by atoms with Crippen molar-refractivity contribution in [2.24, 2.45) is 5.92 Å². The Morgan fingerprint density at radius 1 is 1.45 bits per heavy atom. The van der Waals surface area contributed by atoms with Crippen LogP contribution in [0.3, 0.4) is 0 Å². The van der Waals surface area contributed by atoms with Gasteiger partial charge in [0.1, 0.15) is 0 Å². The highest BCUT2D eigenvalue weighted by Gasteiger charge is 2.29. The van der Waals surface area contributed by atoms with E-state index in [2.05, 4.69) is 27.2 Å². The highest BCUT2D eigenvalue weighted by molar-refractivity contribution is 5.80. The van der Waals surface area contributed by atoms with Crippen LogP contribution < -0.4 is 0 Å². The molecular weight excluding hydrogens is 252 g/mol. The molecule has 108 valence electrons. The number of aromatic amines is 1. The van der Waals surface area contributed by atoms with E-state index in [4.69, 9.17) is 0 Å². The van der Waals surface area contributed by atoms with E-state index in [0.29, 0.717) is 12.5 Å². The van der Waals surface area contributed by atoms with Crippen molar-refractivity contribution in [2.45, 2.75) is 32.4 Å². The maximum Gasteiger partial charge on any atom is 0.226 e. The predicted molar refractivity (Wildman–Crippen MR) is 77.0 cm³/mol. The minimum absolute atomic E-state index is 0.167. The second-order valence-electron chi connectivity index (χ2n) is 6.01. The number of carbonyl (C=O) groups is 1. The van der Waals surface area contributed by atoms with Crippen molar-refractivity contribution >= 4 is 5.91 Å². The summed E-state index contributed by atoms with van der Waals surface area (Å²) in [5, 5.41) is 7.53. The Morgan fingerprint density at radius 3 is 2.90 bits per heavy atom. The van der Waals surface area contributed by atoms with Gasteiger partial charge in [-0.05, 0) is 33.4 Å². The van der Waals surface area contributed by atoms with Gasteiger partial charge in [0, 0.05) is 24.6 Å². The zero-order valence-corrected chi connectivity index (χ0v) is 12.2. The third-order valence-electron chi connectivity index (χ3n) is 4.15. The highest BCUT2D eigenvalue weighted by Crippen LogP contribution is 2.25. The van der Waals surface area contributed by atoms with Crippen molar-refractivity contribution in [1.29, 1.82) is 0 Å². The van der Waals surface area contributed by atoms with E-state index in [1.165, 1.54) is 5.56 Å². The van der Waals surface area contributed by atoms with Gasteiger partial charge in [0.2, 0.25) is 5.91 Å². The summed E-state index contributed by atoms with van der Waals surface area (Å²) in [6.45, 7) is 2.36. The van der Waals surface area contributed by atoms with E-state index < -0.39 is 0 Å². The number of aromatic nitrogens is 2. The first-order valence-corrected chi connectivity index (χ1v) is 7.28. The number of hydrogen-bond acceptors (Lipinski definition) is 3. The monoisotopic (exact) mass is 274 g/mol. The van der Waals surface area contributed by atoms with E-state index in [0.717, 1.165) is 43.7 Å². The Kier molecular flexibility index (Phi) is 3.61. The first-order valence-electron chi connectivity index (χ1n) is 7.28. The van der Waals surface area contributed by atoms with Crippen LogP contribution in [0.1, 0.15) is 29.8 Å². The molecule has 0 fully saturated rings. The van der Waals surface area contributed by atoms with Crippen molar-refractivity contribution in [3.05, 3.63) is 29.1 Å². The van der Waals surface area contributed by atoms with Gasteiger partial charge < -0.3 is 9.80 Å². The van der Waals surface area contributed by atoms with Crippen LogP contribution in [-0.4, -0.2) is 46.5 Å². The molecule has 5 heteroatoms. The molecule has 5 nitrogen and oxygen atoms in total. The Morgan fingerprint density at radius 2 is 2.20 bits per heavy atom. The second-order valence-corrected chi connectivity index (χ2v) is 6.01. The third kappa shape index (κ3) is 2.50. The SMILES string of the molecule is CN(C)Cc1n[nH]c2c1CCN(C(=O)C1CC=CC1)C2. The zero-order valence-electron chi connectivity index (χ0n) is 12.2. The fourth-order valence-electron chi connectivity index (χ4n) is 3.08. The summed E-state index contributed by atoms with van der Waals surface area (Å²) >= 11 is 0. The van der Waals surface area contributed by atoms with E-state index in [-0.39, 0.29) is 5.92 Å². The average molecular weight is 274 g/mol. The molecule has 0 saturated carbocycles. The molecule has 0 radical (unpaired) electrons. The molecule has 3 rings (SSSR count). The first kappa shape index (κ1) is 13.4. The minimum atomic E-state index is 0.167. The Balaban J connectivity index is 1.69. The van der Waals surface area contributed by atoms with Crippen molar-refractivity contribution in [1.82, 2.24) is 20.0 Å². The lowest BCUT2D eigenvalue weighted by molar-refractivity contribution is -0.136. The fourth-order valence-corrected chi connectivity index (χ4v) is 3.08. The summed E-state index contributed by atoms with van der Waals surface area (Å²) in [5.74, 6) is 0.463. The number of allylic oxidation sites excluding steroid dienone is 2. The number of nitrogens with one attached hydrogen (secondary N) is 1. The van der Waals surface area contributed by atoms with Crippen molar-refractivity contribution in [3.63, 3.8) is 0 Å². The Labute approximate surface area is 119 Å². The van der Waals surface area contributed by atoms with Crippen LogP contribution >= 0.6 is 0 Å². The van der Waals surface area contributed by atoms with E-state index in [1.807, 2.05) is 19.0 Å². The maximum absolute atomic E-state index is 12.4. The summed E-state index contributed by atoms with van der Waals surface area (Å²) in [6, 6.07) is 0. The van der Waals surface area contributed by atoms with Gasteiger partial charge in [-0.3, -0.25) is 9.89 Å². The quantitative estimate of drug-likeness (QED) is 0.846. The van der Waals surface area contributed by atoms with Gasteiger partial charge in [-0.1, -0.05) is 12.2 Å². The second kappa shape index (κ2) is 5.40. The van der Waals surface area contributed by atoms with Gasteiger partial charge in [0.25, 0.3) is 0 Å². The molecule has 0 saturated heterocycles. The van der Waals surface area contributed by atoms with Crippen LogP contribution in [-0.2, 0) is 24.3 Å². The molecule has 1 aromatic heterocycles. The fraction of sp³-hybridized carbons (Fsp3) is 0.600. The minimum Gasteiger partial charge on any atom is -0.336 e. The molecule has 2 heterocycles. The molecule has 1 N–H and O–H groups in total. The van der Waals surface area contributed by atoms with Gasteiger partial charge in [0.15, 0.2) is 0 Å². The van der Waals surface area contributed by atoms with Crippen LogP contribution in [0.2, 0.25) is 0 Å². The summed E-state index contributed by atoms with van der Waals surface area (Å²) in [6.07, 6.45) is 6.95. The molecule has 0 unspecified atom stereocenters. The van der Waals surface area contributed by atoms with Crippen LogP contribution in [0.4, 0.5) is 0 Å². The number of rotatable bonds is 3. The lowest BCUT2D eigenvalue weighted by Gasteiger charge is -2.29. The molecule has 1 aliphatic heterocycles. The molecule has 2 aliphatic rings. The van der Waals surface area contributed by atoms with Crippen LogP contribution in [0.5, 0.6) is 0 Å². The Bertz CT molecular complexity index is 524. The van der Waals surface area contributed by atoms with Gasteiger partial charge in [-0.2, -0.15) is 5.10 Å². The van der Waals surface area contributed by atoms with Crippen LogP contribution in [0, 0.1) is 5.92 Å². The highest BCUT2D eigenvalue weighted by atomic mass is 16.2. The Hall–Kier alpha value is -1.62. The summed E-state index contributed by atoms with van der Waals surface area (Å²) in [5.41, 5.74) is 3.55. The summed E-state index contributed by atoms with van der Waals surface area (Å²) in [4.78, 5) is 16.5. The number of H-pyrrole nitrogens is 1. The molecule has 1 aromatic rings. The molecule has 0 atom stereocenters. The van der Waals surface area contributed by atoms with Crippen molar-refractivity contribution in [2.75, 3.05) is 20.6 Å². The predicted octanol–water partition coefficient (Wildman–Crippen LogP) is 1.32. The molecule has 0 bridgehead atoms. The van der Waals surface area contributed by atoms with Gasteiger partial charge >= 0.3 is 0 Å². The number of hydrogen-bond donors (Lipinski definition) is 1. The lowest BCUT2D eigenvalue weighted by Crippen LogP contribution is -2.39. The van der Waals surface area contributed by atoms with Crippen LogP contribution in [0.25, 0.3) is 0 Å². The standard InChI is InChI=1S/C15H22N4O/c1-18(2)9-13-12-7-8-19(10-14(12)17-16-13)15(20)11-5-3-4-6-11/h3-4,11H,5-10H2,1-2H3,(H,16,17). The maximum atomic E-state index is 12.4. The first-order chi connectivity index (χ1) is 9.65. The zero-order chi connectivity index (χ0) is 14.1. The van der Waals surface area contributed by atoms with E-state index in [1.54, 1.807) is 0 Å². The number of fused-ring (bicyclic) bond motifs is 1. The van der Waals surface area contributed by atoms with Gasteiger partial charge in [-0.15, -0.1) is 0 Å². The number of carbonyl (C=O) groups excluding carboxylic acids is 1. The average Bonchev–Trinajstić information content (AvgIpc) is 3.07. The molecule has 0 aromatic carbocycles. The lowest BCUT2D eigenvalue weighted by atomic mass is 10.0. The number of amides is 1. The molecule has 20 heavy (non-hydrogen) atoms. The largest absolute Gasteiger partial charge is 0.336 e. The summed E-state index contributed by atoms with van der Waals surface area (Å²) in [7, 11) is 4.10. The van der Waals surface area contributed by atoms with E-state index >= 15 is 0 Å². The molecule has 0 spiro atoms. The smallest absolute Gasteiger partial charge is 0.226 e. The normalized spacial score (nSPS) is 18.9. The van der Waals surface area contributed by atoms with Crippen molar-refractivity contribution < 1.29 is 4.79 Å². The molecule has 1 amide bonds. The topological polar surface area (TPSA) is 52.2 Å². The van der Waals surface area contributed by atoms with Gasteiger partial charge in [-0.25, -0.2) is 0 Å². The van der Waals surface area contributed by atoms with Crippen molar-refractivity contribution in [3.8, 4) is 0 Å². The number of nitrogens with zero attached hydrogens (tertiary/aromatic N) is 3. The van der Waals surface area contributed by atoms with Gasteiger partial charge in [0.05, 0.1) is 17.9 Å².